The van der Waals surface area contributed by atoms with Gasteiger partial charge >= 0.3 is 0 Å². The molecule has 0 saturated heterocycles. The Morgan fingerprint density at radius 3 is 2.70 bits per heavy atom. The van der Waals surface area contributed by atoms with E-state index in [1.54, 1.807) is 4.68 Å². The van der Waals surface area contributed by atoms with E-state index in [1.807, 2.05) is 57.1 Å². The number of nitrogens with one attached hydrogen (secondary N) is 1. The summed E-state index contributed by atoms with van der Waals surface area (Å²) in [6.45, 7) is 4.51. The van der Waals surface area contributed by atoms with Gasteiger partial charge in [0, 0.05) is 13.0 Å². The van der Waals surface area contributed by atoms with E-state index < -0.39 is 0 Å². The van der Waals surface area contributed by atoms with E-state index >= 15 is 0 Å². The van der Waals surface area contributed by atoms with Crippen LogP contribution in [0.3, 0.4) is 0 Å². The molecule has 2 heterocycles. The molecular formula is C17H21N5O. The van der Waals surface area contributed by atoms with Gasteiger partial charge in [-0.1, -0.05) is 12.1 Å². The minimum Gasteiger partial charge on any atom is -0.322 e. The molecule has 0 bridgehead atoms. The van der Waals surface area contributed by atoms with Crippen molar-refractivity contribution in [3.05, 3.63) is 41.2 Å². The van der Waals surface area contributed by atoms with Crippen LogP contribution in [-0.4, -0.2) is 51.1 Å². The summed E-state index contributed by atoms with van der Waals surface area (Å²) in [5, 5.41) is 4.51. The Hall–Kier alpha value is -2.47. The molecule has 0 saturated carbocycles. The Kier molecular flexibility index (Phi) is 4.00. The summed E-state index contributed by atoms with van der Waals surface area (Å²) in [6, 6.07) is 7.83. The first-order valence-corrected chi connectivity index (χ1v) is 7.66. The Morgan fingerprint density at radius 2 is 2.00 bits per heavy atom. The van der Waals surface area contributed by atoms with Crippen molar-refractivity contribution in [2.75, 3.05) is 20.6 Å². The van der Waals surface area contributed by atoms with Gasteiger partial charge in [0.2, 0.25) is 5.95 Å². The maximum absolute atomic E-state index is 12.5. The van der Waals surface area contributed by atoms with Crippen LogP contribution in [0.1, 0.15) is 28.2 Å². The molecule has 0 aliphatic carbocycles. The molecule has 6 nitrogen and oxygen atoms in total. The number of H-pyrrole nitrogens is 1. The molecule has 23 heavy (non-hydrogen) atoms. The SMILES string of the molecule is Cc1nn(-c2nc3ccccc3[nH]2)c(C)c1C(=O)CCN(C)C. The number of carbonyl (C=O) groups is 1. The predicted octanol–water partition coefficient (Wildman–Crippen LogP) is 2.50. The number of para-hydroxylation sites is 2. The lowest BCUT2D eigenvalue weighted by molar-refractivity contribution is 0.0971. The fourth-order valence-corrected chi connectivity index (χ4v) is 2.74. The summed E-state index contributed by atoms with van der Waals surface area (Å²) in [5.41, 5.74) is 4.11. The van der Waals surface area contributed by atoms with E-state index in [2.05, 4.69) is 15.1 Å². The smallest absolute Gasteiger partial charge is 0.229 e. The number of aryl methyl sites for hydroxylation is 1. The standard InChI is InChI=1S/C17H21N5O/c1-11-16(15(23)9-10-21(3)4)12(2)22(20-11)17-18-13-7-5-6-8-14(13)19-17/h5-8H,9-10H2,1-4H3,(H,18,19). The number of rotatable bonds is 5. The summed E-state index contributed by atoms with van der Waals surface area (Å²) in [6.07, 6.45) is 0.487. The van der Waals surface area contributed by atoms with E-state index in [-0.39, 0.29) is 5.78 Å². The normalized spacial score (nSPS) is 11.5. The maximum Gasteiger partial charge on any atom is 0.229 e. The molecule has 0 radical (unpaired) electrons. The predicted molar refractivity (Wildman–Crippen MR) is 90.2 cm³/mol. The zero-order chi connectivity index (χ0) is 16.6. The van der Waals surface area contributed by atoms with Crippen LogP contribution in [0, 0.1) is 13.8 Å². The molecule has 3 aromatic rings. The van der Waals surface area contributed by atoms with Crippen molar-refractivity contribution in [3.8, 4) is 5.95 Å². The van der Waals surface area contributed by atoms with Crippen LogP contribution >= 0.6 is 0 Å². The number of Topliss-reactive ketones (excluding diaryl/α,β-unsaturated/α-hetero) is 1. The van der Waals surface area contributed by atoms with E-state index in [1.165, 1.54) is 0 Å². The third-order valence-electron chi connectivity index (χ3n) is 3.93. The van der Waals surface area contributed by atoms with Crippen LogP contribution in [0.5, 0.6) is 0 Å². The van der Waals surface area contributed by atoms with Crippen molar-refractivity contribution in [2.45, 2.75) is 20.3 Å². The lowest BCUT2D eigenvalue weighted by Crippen LogP contribution is -2.17. The molecule has 2 aromatic heterocycles. The Balaban J connectivity index is 1.98. The lowest BCUT2D eigenvalue weighted by Gasteiger charge is -2.08. The largest absolute Gasteiger partial charge is 0.322 e. The lowest BCUT2D eigenvalue weighted by atomic mass is 10.1. The molecule has 0 spiro atoms. The molecule has 1 aromatic carbocycles. The number of hydrogen-bond donors (Lipinski definition) is 1. The topological polar surface area (TPSA) is 66.8 Å². The third kappa shape index (κ3) is 2.90. The van der Waals surface area contributed by atoms with Gasteiger partial charge in [0.15, 0.2) is 5.78 Å². The first-order valence-electron chi connectivity index (χ1n) is 7.66. The zero-order valence-electron chi connectivity index (χ0n) is 13.9. The van der Waals surface area contributed by atoms with E-state index in [4.69, 9.17) is 0 Å². The molecule has 0 aliphatic heterocycles. The van der Waals surface area contributed by atoms with Crippen molar-refractivity contribution in [1.82, 2.24) is 24.6 Å². The molecular weight excluding hydrogens is 290 g/mol. The van der Waals surface area contributed by atoms with Crippen LogP contribution < -0.4 is 0 Å². The number of carbonyl (C=O) groups excluding carboxylic acids is 1. The second-order valence-corrected chi connectivity index (χ2v) is 6.01. The molecule has 1 N–H and O–H groups in total. The molecule has 3 rings (SSSR count). The zero-order valence-corrected chi connectivity index (χ0v) is 13.9. The minimum atomic E-state index is 0.121. The second-order valence-electron chi connectivity index (χ2n) is 6.01. The van der Waals surface area contributed by atoms with E-state index in [0.29, 0.717) is 17.9 Å². The summed E-state index contributed by atoms with van der Waals surface area (Å²) < 4.78 is 1.72. The number of fused-ring (bicyclic) bond motifs is 1. The number of aromatic amines is 1. The van der Waals surface area contributed by atoms with Gasteiger partial charge in [-0.15, -0.1) is 0 Å². The highest BCUT2D eigenvalue weighted by molar-refractivity contribution is 5.98. The van der Waals surface area contributed by atoms with Crippen LogP contribution in [0.2, 0.25) is 0 Å². The van der Waals surface area contributed by atoms with Crippen LogP contribution in [0.4, 0.5) is 0 Å². The average Bonchev–Trinajstić information content (AvgIpc) is 3.05. The Bertz CT molecular complexity index is 826. The van der Waals surface area contributed by atoms with Gasteiger partial charge in [-0.25, -0.2) is 9.67 Å². The highest BCUT2D eigenvalue weighted by Gasteiger charge is 2.20. The second kappa shape index (κ2) is 5.96. The van der Waals surface area contributed by atoms with E-state index in [0.717, 1.165) is 29.0 Å². The Morgan fingerprint density at radius 1 is 1.26 bits per heavy atom. The Labute approximate surface area is 135 Å². The first kappa shape index (κ1) is 15.4. The summed E-state index contributed by atoms with van der Waals surface area (Å²) in [4.78, 5) is 22.3. The molecule has 120 valence electrons. The van der Waals surface area contributed by atoms with Gasteiger partial charge in [-0.05, 0) is 40.1 Å². The van der Waals surface area contributed by atoms with Gasteiger partial charge in [-0.2, -0.15) is 5.10 Å². The first-order chi connectivity index (χ1) is 11.0. The fraction of sp³-hybridized carbons (Fsp3) is 0.353. The highest BCUT2D eigenvalue weighted by Crippen LogP contribution is 2.20. The fourth-order valence-electron chi connectivity index (χ4n) is 2.74. The van der Waals surface area contributed by atoms with Gasteiger partial charge in [0.05, 0.1) is 28.0 Å². The summed E-state index contributed by atoms with van der Waals surface area (Å²) in [5.74, 6) is 0.759. The van der Waals surface area contributed by atoms with Crippen molar-refractivity contribution >= 4 is 16.8 Å². The molecule has 0 atom stereocenters. The molecule has 0 unspecified atom stereocenters. The van der Waals surface area contributed by atoms with Crippen molar-refractivity contribution in [3.63, 3.8) is 0 Å². The van der Waals surface area contributed by atoms with Crippen LogP contribution in [0.25, 0.3) is 17.0 Å². The number of ketones is 1. The van der Waals surface area contributed by atoms with Crippen LogP contribution in [0.15, 0.2) is 24.3 Å². The maximum atomic E-state index is 12.5. The summed E-state index contributed by atoms with van der Waals surface area (Å²) >= 11 is 0. The van der Waals surface area contributed by atoms with Gasteiger partial charge in [0.25, 0.3) is 0 Å². The van der Waals surface area contributed by atoms with Gasteiger partial charge < -0.3 is 9.88 Å². The van der Waals surface area contributed by atoms with Crippen molar-refractivity contribution in [2.24, 2.45) is 0 Å². The number of nitrogens with zero attached hydrogens (tertiary/aromatic N) is 4. The molecule has 0 amide bonds. The molecule has 0 aliphatic rings. The molecule has 0 fully saturated rings. The van der Waals surface area contributed by atoms with Crippen molar-refractivity contribution < 1.29 is 4.79 Å². The van der Waals surface area contributed by atoms with E-state index in [9.17, 15) is 4.79 Å². The number of benzene rings is 1. The number of hydrogen-bond acceptors (Lipinski definition) is 4. The number of aromatic nitrogens is 4. The summed E-state index contributed by atoms with van der Waals surface area (Å²) in [7, 11) is 3.93. The number of imidazole rings is 1. The third-order valence-corrected chi connectivity index (χ3v) is 3.93. The highest BCUT2D eigenvalue weighted by atomic mass is 16.1. The van der Waals surface area contributed by atoms with Crippen LogP contribution in [-0.2, 0) is 0 Å². The average molecular weight is 311 g/mol. The van der Waals surface area contributed by atoms with Crippen molar-refractivity contribution in [1.29, 1.82) is 0 Å². The van der Waals surface area contributed by atoms with Gasteiger partial charge in [0.1, 0.15) is 0 Å². The van der Waals surface area contributed by atoms with Gasteiger partial charge in [-0.3, -0.25) is 4.79 Å². The minimum absolute atomic E-state index is 0.121. The monoisotopic (exact) mass is 311 g/mol. The molecule has 6 heteroatoms. The quantitative estimate of drug-likeness (QED) is 0.735.